The van der Waals surface area contributed by atoms with Gasteiger partial charge in [-0.2, -0.15) is 0 Å². The molecule has 7 heteroatoms. The fraction of sp³-hybridized carbons (Fsp3) is 0.192. The maximum Gasteiger partial charge on any atom is 0.174 e. The van der Waals surface area contributed by atoms with E-state index in [4.69, 9.17) is 12.2 Å². The number of nitrogens with zero attached hydrogens (tertiary/aromatic N) is 5. The summed E-state index contributed by atoms with van der Waals surface area (Å²) in [4.78, 5) is 13.5. The van der Waals surface area contributed by atoms with E-state index in [0.717, 1.165) is 28.5 Å². The number of rotatable bonds is 6. The monoisotopic (exact) mass is 454 g/mol. The molecule has 0 bridgehead atoms. The Morgan fingerprint density at radius 1 is 0.909 bits per heavy atom. The van der Waals surface area contributed by atoms with E-state index in [1.807, 2.05) is 50.8 Å². The molecule has 0 saturated carbocycles. The lowest BCUT2D eigenvalue weighted by Gasteiger charge is -2.29. The van der Waals surface area contributed by atoms with E-state index in [2.05, 4.69) is 84.4 Å². The minimum Gasteiger partial charge on any atom is -0.378 e. The van der Waals surface area contributed by atoms with E-state index >= 15 is 0 Å². The number of hydrogen-bond acceptors (Lipinski definition) is 4. The topological polar surface area (TPSA) is 49.2 Å². The highest BCUT2D eigenvalue weighted by Crippen LogP contribution is 2.42. The van der Waals surface area contributed by atoms with Gasteiger partial charge in [-0.3, -0.25) is 9.97 Å². The van der Waals surface area contributed by atoms with E-state index in [-0.39, 0.29) is 12.1 Å². The van der Waals surface area contributed by atoms with Crippen LogP contribution in [0.2, 0.25) is 0 Å². The fourth-order valence-electron chi connectivity index (χ4n) is 4.35. The molecule has 3 aromatic heterocycles. The van der Waals surface area contributed by atoms with Crippen molar-refractivity contribution in [3.63, 3.8) is 0 Å². The number of hydrogen-bond donors (Lipinski definition) is 1. The van der Waals surface area contributed by atoms with Gasteiger partial charge in [0.05, 0.1) is 24.0 Å². The van der Waals surface area contributed by atoms with Crippen LogP contribution < -0.4 is 15.1 Å². The Kier molecular flexibility index (Phi) is 5.79. The molecule has 4 aromatic rings. The lowest BCUT2D eigenvalue weighted by Crippen LogP contribution is -2.30. The summed E-state index contributed by atoms with van der Waals surface area (Å²) in [6, 6.07) is 24.6. The smallest absolute Gasteiger partial charge is 0.174 e. The first kappa shape index (κ1) is 21.2. The Morgan fingerprint density at radius 3 is 2.33 bits per heavy atom. The summed E-state index contributed by atoms with van der Waals surface area (Å²) >= 11 is 5.86. The van der Waals surface area contributed by atoms with Crippen molar-refractivity contribution in [2.45, 2.75) is 18.6 Å². The molecule has 0 spiro atoms. The molecule has 0 unspecified atom stereocenters. The molecule has 1 aliphatic heterocycles. The first-order valence-corrected chi connectivity index (χ1v) is 11.4. The molecule has 1 aliphatic rings. The van der Waals surface area contributed by atoms with Gasteiger partial charge >= 0.3 is 0 Å². The van der Waals surface area contributed by atoms with Crippen molar-refractivity contribution in [2.24, 2.45) is 0 Å². The summed E-state index contributed by atoms with van der Waals surface area (Å²) < 4.78 is 2.25. The zero-order valence-corrected chi connectivity index (χ0v) is 19.5. The van der Waals surface area contributed by atoms with E-state index < -0.39 is 0 Å². The van der Waals surface area contributed by atoms with Crippen molar-refractivity contribution in [3.8, 4) is 0 Å². The number of benzene rings is 1. The molecular formula is C26H26N6S. The van der Waals surface area contributed by atoms with Crippen LogP contribution in [0, 0.1) is 0 Å². The molecule has 2 atom stereocenters. The summed E-state index contributed by atoms with van der Waals surface area (Å²) in [6.45, 7) is 0.689. The quantitative estimate of drug-likeness (QED) is 0.431. The van der Waals surface area contributed by atoms with Gasteiger partial charge in [-0.05, 0) is 72.9 Å². The van der Waals surface area contributed by atoms with Gasteiger partial charge in [0.25, 0.3) is 0 Å². The molecule has 1 aromatic carbocycles. The van der Waals surface area contributed by atoms with Gasteiger partial charge in [-0.25, -0.2) is 0 Å². The standard InChI is InChI=1S/C26H26N6S/c1-30(2)20-11-13-21(14-12-20)32-25(24(29-26(32)33)22-9-4-6-16-28-22)23-10-7-17-31(23)18-19-8-3-5-15-27-19/h3-17,24-25H,18H2,1-2H3,(H,29,33)/t24-,25+/m1/s1. The van der Waals surface area contributed by atoms with Crippen LogP contribution in [0.1, 0.15) is 29.2 Å². The van der Waals surface area contributed by atoms with E-state index in [1.165, 1.54) is 0 Å². The summed E-state index contributed by atoms with van der Waals surface area (Å²) in [7, 11) is 4.09. The number of nitrogens with one attached hydrogen (secondary N) is 1. The van der Waals surface area contributed by atoms with Gasteiger partial charge in [-0.1, -0.05) is 12.1 Å². The highest BCUT2D eigenvalue weighted by molar-refractivity contribution is 7.80. The van der Waals surface area contributed by atoms with Crippen LogP contribution in [0.4, 0.5) is 11.4 Å². The van der Waals surface area contributed by atoms with Gasteiger partial charge < -0.3 is 19.7 Å². The van der Waals surface area contributed by atoms with Crippen LogP contribution in [-0.4, -0.2) is 33.7 Å². The molecule has 0 radical (unpaired) electrons. The Bertz CT molecular complexity index is 1220. The normalized spacial score (nSPS) is 17.8. The van der Waals surface area contributed by atoms with Crippen molar-refractivity contribution >= 4 is 28.7 Å². The molecule has 0 amide bonds. The van der Waals surface area contributed by atoms with E-state index in [0.29, 0.717) is 11.7 Å². The van der Waals surface area contributed by atoms with Gasteiger partial charge in [0, 0.05) is 49.8 Å². The van der Waals surface area contributed by atoms with Gasteiger partial charge in [0.2, 0.25) is 0 Å². The Balaban J connectivity index is 1.58. The van der Waals surface area contributed by atoms with Crippen molar-refractivity contribution in [3.05, 3.63) is 108 Å². The molecule has 166 valence electrons. The van der Waals surface area contributed by atoms with Crippen LogP contribution in [0.3, 0.4) is 0 Å². The lowest BCUT2D eigenvalue weighted by atomic mass is 10.0. The average molecular weight is 455 g/mol. The Labute approximate surface area is 199 Å². The zero-order valence-electron chi connectivity index (χ0n) is 18.7. The van der Waals surface area contributed by atoms with Crippen molar-refractivity contribution in [1.82, 2.24) is 19.9 Å². The van der Waals surface area contributed by atoms with Crippen LogP contribution in [0.5, 0.6) is 0 Å². The first-order valence-electron chi connectivity index (χ1n) is 10.9. The third-order valence-corrected chi connectivity index (χ3v) is 6.28. The molecule has 1 fully saturated rings. The predicted octanol–water partition coefficient (Wildman–Crippen LogP) is 4.57. The number of anilines is 2. The van der Waals surface area contributed by atoms with Crippen molar-refractivity contribution in [2.75, 3.05) is 23.9 Å². The van der Waals surface area contributed by atoms with Crippen molar-refractivity contribution < 1.29 is 0 Å². The number of aromatic nitrogens is 3. The van der Waals surface area contributed by atoms with E-state index in [1.54, 1.807) is 0 Å². The highest BCUT2D eigenvalue weighted by atomic mass is 32.1. The largest absolute Gasteiger partial charge is 0.378 e. The number of thiocarbonyl (C=S) groups is 1. The average Bonchev–Trinajstić information content (AvgIpc) is 3.44. The summed E-state index contributed by atoms with van der Waals surface area (Å²) in [5, 5.41) is 4.23. The molecule has 6 nitrogen and oxygen atoms in total. The zero-order chi connectivity index (χ0) is 22.8. The Morgan fingerprint density at radius 2 is 1.67 bits per heavy atom. The second kappa shape index (κ2) is 9.03. The molecule has 5 rings (SSSR count). The minimum atomic E-state index is -0.0791. The number of pyridine rings is 2. The highest BCUT2D eigenvalue weighted by Gasteiger charge is 2.42. The molecule has 1 N–H and O–H groups in total. The summed E-state index contributed by atoms with van der Waals surface area (Å²) in [6.07, 6.45) is 5.77. The fourth-order valence-corrected chi connectivity index (χ4v) is 4.70. The molecule has 4 heterocycles. The first-order chi connectivity index (χ1) is 16.1. The molecule has 33 heavy (non-hydrogen) atoms. The van der Waals surface area contributed by atoms with Crippen LogP contribution in [0.15, 0.2) is 91.4 Å². The second-order valence-corrected chi connectivity index (χ2v) is 8.68. The van der Waals surface area contributed by atoms with Gasteiger partial charge in [0.1, 0.15) is 6.04 Å². The molecular weight excluding hydrogens is 428 g/mol. The second-order valence-electron chi connectivity index (χ2n) is 8.29. The van der Waals surface area contributed by atoms with E-state index in [9.17, 15) is 0 Å². The predicted molar refractivity (Wildman–Crippen MR) is 136 cm³/mol. The summed E-state index contributed by atoms with van der Waals surface area (Å²) in [5.41, 5.74) is 5.32. The SMILES string of the molecule is CN(C)c1ccc(N2C(=S)N[C@H](c3ccccn3)[C@@H]2c2cccn2Cc2ccccn2)cc1. The van der Waals surface area contributed by atoms with Gasteiger partial charge in [-0.15, -0.1) is 0 Å². The Hall–Kier alpha value is -3.71. The van der Waals surface area contributed by atoms with Crippen LogP contribution in [0.25, 0.3) is 0 Å². The lowest BCUT2D eigenvalue weighted by molar-refractivity contribution is 0.532. The molecule has 1 saturated heterocycles. The van der Waals surface area contributed by atoms with Crippen molar-refractivity contribution in [1.29, 1.82) is 0 Å². The van der Waals surface area contributed by atoms with Crippen LogP contribution >= 0.6 is 12.2 Å². The summed E-state index contributed by atoms with van der Waals surface area (Å²) in [5.74, 6) is 0. The third-order valence-electron chi connectivity index (χ3n) is 5.97. The maximum atomic E-state index is 5.86. The van der Waals surface area contributed by atoms with Crippen LogP contribution in [-0.2, 0) is 6.54 Å². The maximum absolute atomic E-state index is 5.86. The van der Waals surface area contributed by atoms with Gasteiger partial charge in [0.15, 0.2) is 5.11 Å². The third kappa shape index (κ3) is 4.19. The molecule has 0 aliphatic carbocycles. The minimum absolute atomic E-state index is 0.0590.